The molecule has 1 amide bonds. The predicted octanol–water partition coefficient (Wildman–Crippen LogP) is 1.66. The lowest BCUT2D eigenvalue weighted by molar-refractivity contribution is -0.117. The molecule has 0 saturated carbocycles. The Kier molecular flexibility index (Phi) is 3.47. The van der Waals surface area contributed by atoms with Gasteiger partial charge in [-0.15, -0.1) is 0 Å². The zero-order valence-corrected chi connectivity index (χ0v) is 9.90. The summed E-state index contributed by atoms with van der Waals surface area (Å²) < 4.78 is 28.9. The van der Waals surface area contributed by atoms with Crippen LogP contribution < -0.4 is 15.4 Å². The van der Waals surface area contributed by atoms with Crippen LogP contribution in [0.2, 0.25) is 0 Å². The average molecular weight is 256 g/mol. The van der Waals surface area contributed by atoms with Crippen molar-refractivity contribution in [2.75, 3.05) is 11.4 Å². The van der Waals surface area contributed by atoms with Crippen molar-refractivity contribution in [3.05, 3.63) is 23.8 Å². The molecule has 2 rings (SSSR count). The SMILES string of the molecule is Cc1ccc(N2CC(N)CC2=O)cc1OC(F)F. The van der Waals surface area contributed by atoms with Crippen LogP contribution in [0.15, 0.2) is 18.2 Å². The first-order chi connectivity index (χ1) is 8.47. The van der Waals surface area contributed by atoms with E-state index < -0.39 is 6.61 Å². The summed E-state index contributed by atoms with van der Waals surface area (Å²) in [6, 6.07) is 4.57. The van der Waals surface area contributed by atoms with E-state index in [1.807, 2.05) is 0 Å². The molecule has 18 heavy (non-hydrogen) atoms. The summed E-state index contributed by atoms with van der Waals surface area (Å²) in [5, 5.41) is 0. The molecule has 1 unspecified atom stereocenters. The zero-order valence-electron chi connectivity index (χ0n) is 9.90. The lowest BCUT2D eigenvalue weighted by Gasteiger charge is -2.18. The Hall–Kier alpha value is -1.69. The van der Waals surface area contributed by atoms with Crippen LogP contribution in [0.25, 0.3) is 0 Å². The fraction of sp³-hybridized carbons (Fsp3) is 0.417. The number of halogens is 2. The third-order valence-electron chi connectivity index (χ3n) is 2.85. The van der Waals surface area contributed by atoms with E-state index in [9.17, 15) is 13.6 Å². The van der Waals surface area contributed by atoms with E-state index in [4.69, 9.17) is 5.73 Å². The molecule has 1 heterocycles. The number of nitrogens with zero attached hydrogens (tertiary/aromatic N) is 1. The number of hydrogen-bond donors (Lipinski definition) is 1. The minimum Gasteiger partial charge on any atom is -0.434 e. The highest BCUT2D eigenvalue weighted by Crippen LogP contribution is 2.28. The monoisotopic (exact) mass is 256 g/mol. The molecule has 1 aliphatic rings. The van der Waals surface area contributed by atoms with E-state index in [2.05, 4.69) is 4.74 Å². The number of aryl methyl sites for hydroxylation is 1. The van der Waals surface area contributed by atoms with E-state index in [1.165, 1.54) is 11.0 Å². The Bertz CT molecular complexity index is 465. The lowest BCUT2D eigenvalue weighted by Crippen LogP contribution is -2.28. The van der Waals surface area contributed by atoms with Crippen molar-refractivity contribution >= 4 is 11.6 Å². The van der Waals surface area contributed by atoms with E-state index >= 15 is 0 Å². The fourth-order valence-corrected chi connectivity index (χ4v) is 1.96. The highest BCUT2D eigenvalue weighted by Gasteiger charge is 2.28. The Labute approximate surface area is 103 Å². The number of nitrogens with two attached hydrogens (primary N) is 1. The second-order valence-electron chi connectivity index (χ2n) is 4.30. The Morgan fingerprint density at radius 2 is 2.22 bits per heavy atom. The summed E-state index contributed by atoms with van der Waals surface area (Å²) in [5.41, 5.74) is 6.82. The molecule has 0 aliphatic carbocycles. The highest BCUT2D eigenvalue weighted by molar-refractivity contribution is 5.96. The number of carbonyl (C=O) groups is 1. The quantitative estimate of drug-likeness (QED) is 0.894. The zero-order chi connectivity index (χ0) is 13.3. The maximum Gasteiger partial charge on any atom is 0.387 e. The van der Waals surface area contributed by atoms with Gasteiger partial charge in [0.15, 0.2) is 0 Å². The minimum atomic E-state index is -2.88. The number of anilines is 1. The van der Waals surface area contributed by atoms with Gasteiger partial charge in [0.25, 0.3) is 0 Å². The summed E-state index contributed by atoms with van der Waals surface area (Å²) >= 11 is 0. The van der Waals surface area contributed by atoms with Crippen molar-refractivity contribution in [1.29, 1.82) is 0 Å². The first kappa shape index (κ1) is 12.8. The van der Waals surface area contributed by atoms with Gasteiger partial charge in [0.05, 0.1) is 0 Å². The summed E-state index contributed by atoms with van der Waals surface area (Å²) in [6.45, 7) is -0.815. The Morgan fingerprint density at radius 1 is 1.50 bits per heavy atom. The maximum atomic E-state index is 12.2. The molecular weight excluding hydrogens is 242 g/mol. The fourth-order valence-electron chi connectivity index (χ4n) is 1.96. The molecule has 6 heteroatoms. The molecule has 1 aliphatic heterocycles. The van der Waals surface area contributed by atoms with Gasteiger partial charge in [-0.2, -0.15) is 8.78 Å². The number of carbonyl (C=O) groups excluding carboxylic acids is 1. The molecule has 1 aromatic rings. The molecule has 0 spiro atoms. The van der Waals surface area contributed by atoms with Crippen molar-refractivity contribution < 1.29 is 18.3 Å². The van der Waals surface area contributed by atoms with Crippen molar-refractivity contribution in [2.24, 2.45) is 5.73 Å². The molecule has 98 valence electrons. The largest absolute Gasteiger partial charge is 0.434 e. The molecule has 0 radical (unpaired) electrons. The smallest absolute Gasteiger partial charge is 0.387 e. The van der Waals surface area contributed by atoms with E-state index in [-0.39, 0.29) is 24.1 Å². The predicted molar refractivity (Wildman–Crippen MR) is 62.8 cm³/mol. The third kappa shape index (κ3) is 2.59. The van der Waals surface area contributed by atoms with Crippen LogP contribution in [0.3, 0.4) is 0 Å². The Morgan fingerprint density at radius 3 is 2.78 bits per heavy atom. The lowest BCUT2D eigenvalue weighted by atomic mass is 10.2. The van der Waals surface area contributed by atoms with Crippen LogP contribution in [0.1, 0.15) is 12.0 Å². The molecule has 0 bridgehead atoms. The number of alkyl halides is 2. The molecular formula is C12H14F2N2O2. The van der Waals surface area contributed by atoms with Crippen LogP contribution in [0.4, 0.5) is 14.5 Å². The first-order valence-corrected chi connectivity index (χ1v) is 5.59. The van der Waals surface area contributed by atoms with Gasteiger partial charge in [0.2, 0.25) is 5.91 Å². The van der Waals surface area contributed by atoms with E-state index in [1.54, 1.807) is 19.1 Å². The van der Waals surface area contributed by atoms with Gasteiger partial charge in [0.1, 0.15) is 5.75 Å². The number of rotatable bonds is 3. The van der Waals surface area contributed by atoms with Gasteiger partial charge in [-0.25, -0.2) is 0 Å². The molecule has 1 aromatic carbocycles. The van der Waals surface area contributed by atoms with Gasteiger partial charge in [0, 0.05) is 30.8 Å². The summed E-state index contributed by atoms with van der Waals surface area (Å²) in [4.78, 5) is 13.1. The average Bonchev–Trinajstić information content (AvgIpc) is 2.60. The van der Waals surface area contributed by atoms with Crippen molar-refractivity contribution in [3.63, 3.8) is 0 Å². The van der Waals surface area contributed by atoms with Gasteiger partial charge in [-0.3, -0.25) is 4.79 Å². The molecule has 1 saturated heterocycles. The highest BCUT2D eigenvalue weighted by atomic mass is 19.3. The molecule has 2 N–H and O–H groups in total. The molecule has 0 aromatic heterocycles. The van der Waals surface area contributed by atoms with Gasteiger partial charge < -0.3 is 15.4 Å². The van der Waals surface area contributed by atoms with Gasteiger partial charge in [-0.1, -0.05) is 6.07 Å². The first-order valence-electron chi connectivity index (χ1n) is 5.59. The summed E-state index contributed by atoms with van der Waals surface area (Å²) in [5.74, 6) is -0.0230. The third-order valence-corrected chi connectivity index (χ3v) is 2.85. The maximum absolute atomic E-state index is 12.2. The molecule has 1 fully saturated rings. The Balaban J connectivity index is 2.26. The molecule has 4 nitrogen and oxygen atoms in total. The number of amides is 1. The summed E-state index contributed by atoms with van der Waals surface area (Å²) in [7, 11) is 0. The van der Waals surface area contributed by atoms with Crippen LogP contribution in [-0.4, -0.2) is 25.1 Å². The van der Waals surface area contributed by atoms with Crippen molar-refractivity contribution in [3.8, 4) is 5.75 Å². The number of ether oxygens (including phenoxy) is 1. The molecule has 1 atom stereocenters. The van der Waals surface area contributed by atoms with E-state index in [0.29, 0.717) is 17.8 Å². The van der Waals surface area contributed by atoms with Crippen LogP contribution in [0, 0.1) is 6.92 Å². The standard InChI is InChI=1S/C12H14F2N2O2/c1-7-2-3-9(5-10(7)18-12(13)14)16-6-8(15)4-11(16)17/h2-3,5,8,12H,4,6,15H2,1H3. The number of hydrogen-bond acceptors (Lipinski definition) is 3. The van der Waals surface area contributed by atoms with Crippen LogP contribution in [0.5, 0.6) is 5.75 Å². The summed E-state index contributed by atoms with van der Waals surface area (Å²) in [6.07, 6.45) is 0.277. The number of benzene rings is 1. The van der Waals surface area contributed by atoms with Gasteiger partial charge in [-0.05, 0) is 18.6 Å². The topological polar surface area (TPSA) is 55.6 Å². The van der Waals surface area contributed by atoms with Gasteiger partial charge >= 0.3 is 6.61 Å². The van der Waals surface area contributed by atoms with Crippen LogP contribution in [-0.2, 0) is 4.79 Å². The minimum absolute atomic E-state index is 0.0794. The van der Waals surface area contributed by atoms with E-state index in [0.717, 1.165) is 0 Å². The second kappa shape index (κ2) is 4.89. The van der Waals surface area contributed by atoms with Crippen molar-refractivity contribution in [2.45, 2.75) is 26.0 Å². The van der Waals surface area contributed by atoms with Crippen molar-refractivity contribution in [1.82, 2.24) is 0 Å². The van der Waals surface area contributed by atoms with Crippen LogP contribution >= 0.6 is 0 Å². The normalized spacial score (nSPS) is 19.7. The second-order valence-corrected chi connectivity index (χ2v) is 4.30.